The van der Waals surface area contributed by atoms with Gasteiger partial charge in [0.2, 0.25) is 0 Å². The lowest BCUT2D eigenvalue weighted by Gasteiger charge is -2.26. The SMILES string of the molecule is Cc1ccc(N(C)S(=O)(=O)c2cccc(C(=O)NC3CCC(O)CC3)c2)cc1. The maximum absolute atomic E-state index is 13.0. The molecule has 1 aliphatic carbocycles. The van der Waals surface area contributed by atoms with Crippen LogP contribution in [0.15, 0.2) is 53.4 Å². The monoisotopic (exact) mass is 402 g/mol. The third kappa shape index (κ3) is 4.54. The molecule has 0 unspecified atom stereocenters. The van der Waals surface area contributed by atoms with Crippen LogP contribution in [0.3, 0.4) is 0 Å². The Kier molecular flexibility index (Phi) is 6.05. The van der Waals surface area contributed by atoms with Gasteiger partial charge in [-0.3, -0.25) is 9.10 Å². The summed E-state index contributed by atoms with van der Waals surface area (Å²) < 4.78 is 27.2. The minimum absolute atomic E-state index is 0.00592. The van der Waals surface area contributed by atoms with E-state index in [1.807, 2.05) is 19.1 Å². The molecule has 1 aliphatic rings. The van der Waals surface area contributed by atoms with E-state index in [4.69, 9.17) is 0 Å². The second kappa shape index (κ2) is 8.32. The minimum Gasteiger partial charge on any atom is -0.393 e. The molecule has 0 spiro atoms. The van der Waals surface area contributed by atoms with Crippen molar-refractivity contribution in [3.63, 3.8) is 0 Å². The van der Waals surface area contributed by atoms with Gasteiger partial charge in [-0.05, 0) is 62.9 Å². The Morgan fingerprint density at radius 1 is 1.07 bits per heavy atom. The molecule has 6 nitrogen and oxygen atoms in total. The summed E-state index contributed by atoms with van der Waals surface area (Å²) in [5, 5.41) is 12.5. The fourth-order valence-corrected chi connectivity index (χ4v) is 4.58. The number of rotatable bonds is 5. The number of aliphatic hydroxyl groups excluding tert-OH is 1. The molecule has 0 atom stereocenters. The number of amides is 1. The first-order valence-electron chi connectivity index (χ1n) is 9.42. The summed E-state index contributed by atoms with van der Waals surface area (Å²) in [6.45, 7) is 1.94. The predicted octanol–water partition coefficient (Wildman–Crippen LogP) is 2.85. The van der Waals surface area contributed by atoms with Crippen molar-refractivity contribution in [3.05, 3.63) is 59.7 Å². The highest BCUT2D eigenvalue weighted by atomic mass is 32.2. The largest absolute Gasteiger partial charge is 0.393 e. The van der Waals surface area contributed by atoms with Gasteiger partial charge < -0.3 is 10.4 Å². The van der Waals surface area contributed by atoms with E-state index < -0.39 is 10.0 Å². The Bertz CT molecular complexity index is 933. The van der Waals surface area contributed by atoms with Crippen LogP contribution >= 0.6 is 0 Å². The van der Waals surface area contributed by atoms with Crippen LogP contribution in [0.1, 0.15) is 41.6 Å². The van der Waals surface area contributed by atoms with Gasteiger partial charge in [-0.15, -0.1) is 0 Å². The van der Waals surface area contributed by atoms with Gasteiger partial charge in [0, 0.05) is 18.7 Å². The zero-order valence-corrected chi connectivity index (χ0v) is 16.9. The van der Waals surface area contributed by atoms with Crippen LogP contribution in [0, 0.1) is 6.92 Å². The van der Waals surface area contributed by atoms with Crippen molar-refractivity contribution in [3.8, 4) is 0 Å². The number of aryl methyl sites for hydroxylation is 1. The number of hydrogen-bond acceptors (Lipinski definition) is 4. The maximum Gasteiger partial charge on any atom is 0.264 e. The second-order valence-electron chi connectivity index (χ2n) is 7.31. The first kappa shape index (κ1) is 20.4. The Morgan fingerprint density at radius 2 is 1.71 bits per heavy atom. The highest BCUT2D eigenvalue weighted by molar-refractivity contribution is 7.92. The quantitative estimate of drug-likeness (QED) is 0.805. The summed E-state index contributed by atoms with van der Waals surface area (Å²) in [5.41, 5.74) is 1.91. The van der Waals surface area contributed by atoms with E-state index in [0.29, 0.717) is 24.1 Å². The summed E-state index contributed by atoms with van der Waals surface area (Å²) in [6, 6.07) is 13.3. The van der Waals surface area contributed by atoms with Crippen molar-refractivity contribution in [2.75, 3.05) is 11.4 Å². The normalized spacial score (nSPS) is 19.8. The average molecular weight is 403 g/mol. The molecule has 150 valence electrons. The highest BCUT2D eigenvalue weighted by Gasteiger charge is 2.24. The highest BCUT2D eigenvalue weighted by Crippen LogP contribution is 2.23. The lowest BCUT2D eigenvalue weighted by molar-refractivity contribution is 0.0867. The number of carbonyl (C=O) groups excluding carboxylic acids is 1. The van der Waals surface area contributed by atoms with E-state index in [1.54, 1.807) is 24.3 Å². The van der Waals surface area contributed by atoms with Gasteiger partial charge in [-0.2, -0.15) is 0 Å². The summed E-state index contributed by atoms with van der Waals surface area (Å²) in [7, 11) is -2.28. The van der Waals surface area contributed by atoms with Crippen molar-refractivity contribution < 1.29 is 18.3 Å². The first-order chi connectivity index (χ1) is 13.3. The average Bonchev–Trinajstić information content (AvgIpc) is 2.70. The summed E-state index contributed by atoms with van der Waals surface area (Å²) >= 11 is 0. The molecule has 2 aromatic carbocycles. The Morgan fingerprint density at radius 3 is 2.36 bits per heavy atom. The minimum atomic E-state index is -3.78. The predicted molar refractivity (Wildman–Crippen MR) is 109 cm³/mol. The second-order valence-corrected chi connectivity index (χ2v) is 9.28. The van der Waals surface area contributed by atoms with E-state index in [2.05, 4.69) is 5.32 Å². The zero-order chi connectivity index (χ0) is 20.3. The van der Waals surface area contributed by atoms with Crippen LogP contribution in [0.5, 0.6) is 0 Å². The third-order valence-electron chi connectivity index (χ3n) is 5.18. The molecule has 1 amide bonds. The van der Waals surface area contributed by atoms with Crippen molar-refractivity contribution in [2.24, 2.45) is 0 Å². The molecule has 0 aliphatic heterocycles. The number of aliphatic hydroxyl groups is 1. The van der Waals surface area contributed by atoms with Crippen molar-refractivity contribution in [1.29, 1.82) is 0 Å². The van der Waals surface area contributed by atoms with E-state index in [0.717, 1.165) is 18.4 Å². The number of anilines is 1. The maximum atomic E-state index is 13.0. The Hall–Kier alpha value is -2.38. The molecule has 0 aromatic heterocycles. The molecule has 0 radical (unpaired) electrons. The van der Waals surface area contributed by atoms with E-state index in [-0.39, 0.29) is 22.9 Å². The number of sulfonamides is 1. The van der Waals surface area contributed by atoms with E-state index in [9.17, 15) is 18.3 Å². The van der Waals surface area contributed by atoms with Gasteiger partial charge in [0.25, 0.3) is 15.9 Å². The molecule has 0 bridgehead atoms. The Labute approximate surface area is 166 Å². The van der Waals surface area contributed by atoms with Crippen LogP contribution in [0.2, 0.25) is 0 Å². The lowest BCUT2D eigenvalue weighted by atomic mass is 9.93. The first-order valence-corrected chi connectivity index (χ1v) is 10.9. The molecular weight excluding hydrogens is 376 g/mol. The Balaban J connectivity index is 1.77. The number of hydrogen-bond donors (Lipinski definition) is 2. The smallest absolute Gasteiger partial charge is 0.264 e. The van der Waals surface area contributed by atoms with Gasteiger partial charge in [-0.25, -0.2) is 8.42 Å². The lowest BCUT2D eigenvalue weighted by Crippen LogP contribution is -2.38. The van der Waals surface area contributed by atoms with Gasteiger partial charge in [0.1, 0.15) is 0 Å². The molecule has 2 N–H and O–H groups in total. The summed E-state index contributed by atoms with van der Waals surface area (Å²) in [6.07, 6.45) is 2.49. The van der Waals surface area contributed by atoms with Crippen molar-refractivity contribution >= 4 is 21.6 Å². The number of carbonyl (C=O) groups is 1. The summed E-state index contributed by atoms with van der Waals surface area (Å²) in [4.78, 5) is 12.6. The van der Waals surface area contributed by atoms with Crippen LogP contribution < -0.4 is 9.62 Å². The molecule has 28 heavy (non-hydrogen) atoms. The number of nitrogens with zero attached hydrogens (tertiary/aromatic N) is 1. The number of benzene rings is 2. The standard InChI is InChI=1S/C21H26N2O4S/c1-15-6-10-18(11-7-15)23(2)28(26,27)20-5-3-4-16(14-20)21(25)22-17-8-12-19(24)13-9-17/h3-7,10-11,14,17,19,24H,8-9,12-13H2,1-2H3,(H,22,25). The van der Waals surface area contributed by atoms with Gasteiger partial charge in [-0.1, -0.05) is 23.8 Å². The number of nitrogens with one attached hydrogen (secondary N) is 1. The van der Waals surface area contributed by atoms with Crippen LogP contribution in [0.25, 0.3) is 0 Å². The topological polar surface area (TPSA) is 86.7 Å². The summed E-state index contributed by atoms with van der Waals surface area (Å²) in [5.74, 6) is -0.295. The molecule has 1 fully saturated rings. The van der Waals surface area contributed by atoms with Crippen molar-refractivity contribution in [1.82, 2.24) is 5.32 Å². The van der Waals surface area contributed by atoms with E-state index >= 15 is 0 Å². The van der Waals surface area contributed by atoms with E-state index in [1.165, 1.54) is 23.5 Å². The molecule has 3 rings (SSSR count). The fraction of sp³-hybridized carbons (Fsp3) is 0.381. The zero-order valence-electron chi connectivity index (χ0n) is 16.1. The third-order valence-corrected chi connectivity index (χ3v) is 6.97. The van der Waals surface area contributed by atoms with Crippen LogP contribution in [0.4, 0.5) is 5.69 Å². The van der Waals surface area contributed by atoms with Gasteiger partial charge in [0.15, 0.2) is 0 Å². The molecule has 7 heteroatoms. The fourth-order valence-electron chi connectivity index (χ4n) is 3.34. The molecule has 2 aromatic rings. The molecular formula is C21H26N2O4S. The molecule has 0 heterocycles. The molecule has 0 saturated heterocycles. The van der Waals surface area contributed by atoms with Gasteiger partial charge >= 0.3 is 0 Å². The van der Waals surface area contributed by atoms with Crippen LogP contribution in [-0.2, 0) is 10.0 Å². The van der Waals surface area contributed by atoms with Crippen molar-refractivity contribution in [2.45, 2.75) is 49.6 Å². The van der Waals surface area contributed by atoms with Gasteiger partial charge in [0.05, 0.1) is 16.7 Å². The van der Waals surface area contributed by atoms with Crippen LogP contribution in [-0.4, -0.2) is 38.6 Å². The molecule has 1 saturated carbocycles.